The summed E-state index contributed by atoms with van der Waals surface area (Å²) in [5.74, 6) is -0.395. The first-order chi connectivity index (χ1) is 9.60. The van der Waals surface area contributed by atoms with Gasteiger partial charge < -0.3 is 10.6 Å². The Morgan fingerprint density at radius 3 is 2.50 bits per heavy atom. The molecule has 0 unspecified atom stereocenters. The molecule has 4 nitrogen and oxygen atoms in total. The standard InChI is InChI=1S/C16H20N2O2/c1-12(19)18-16(15(20)17-2)11-7-6-10-14(16)13-8-4-3-5-9-13/h3-9,14H,10-11H2,1-2H3,(H,17,20)(H,18,19)/t14-,16-/m1/s1. The lowest BCUT2D eigenvalue weighted by molar-refractivity contribution is -0.133. The Balaban J connectivity index is 2.47. The van der Waals surface area contributed by atoms with Crippen LogP contribution in [0, 0.1) is 0 Å². The molecule has 0 fully saturated rings. The van der Waals surface area contributed by atoms with Crippen LogP contribution in [-0.2, 0) is 9.59 Å². The lowest BCUT2D eigenvalue weighted by atomic mass is 9.71. The van der Waals surface area contributed by atoms with Crippen molar-refractivity contribution < 1.29 is 9.59 Å². The van der Waals surface area contributed by atoms with Gasteiger partial charge in [-0.25, -0.2) is 0 Å². The highest BCUT2D eigenvalue weighted by molar-refractivity contribution is 5.92. The van der Waals surface area contributed by atoms with Gasteiger partial charge in [-0.2, -0.15) is 0 Å². The van der Waals surface area contributed by atoms with Crippen LogP contribution >= 0.6 is 0 Å². The normalized spacial score (nSPS) is 25.0. The van der Waals surface area contributed by atoms with E-state index in [9.17, 15) is 9.59 Å². The van der Waals surface area contributed by atoms with E-state index >= 15 is 0 Å². The summed E-state index contributed by atoms with van der Waals surface area (Å²) in [6, 6.07) is 9.86. The van der Waals surface area contributed by atoms with E-state index in [0.717, 1.165) is 12.0 Å². The maximum Gasteiger partial charge on any atom is 0.246 e. The molecular formula is C16H20N2O2. The van der Waals surface area contributed by atoms with Crippen LogP contribution in [0.4, 0.5) is 0 Å². The lowest BCUT2D eigenvalue weighted by Gasteiger charge is -2.41. The molecule has 2 N–H and O–H groups in total. The number of likely N-dealkylation sites (N-methyl/N-ethyl adjacent to an activating group) is 1. The van der Waals surface area contributed by atoms with Gasteiger partial charge in [0.05, 0.1) is 0 Å². The number of hydrogen-bond donors (Lipinski definition) is 2. The molecule has 0 heterocycles. The molecule has 0 saturated carbocycles. The Kier molecular flexibility index (Phi) is 4.23. The average Bonchev–Trinajstić information content (AvgIpc) is 2.47. The zero-order valence-corrected chi connectivity index (χ0v) is 11.8. The maximum absolute atomic E-state index is 12.4. The first-order valence-corrected chi connectivity index (χ1v) is 6.81. The second-order valence-corrected chi connectivity index (χ2v) is 5.11. The smallest absolute Gasteiger partial charge is 0.246 e. The molecule has 1 aliphatic carbocycles. The number of benzene rings is 1. The molecule has 2 amide bonds. The molecule has 0 saturated heterocycles. The zero-order chi connectivity index (χ0) is 14.6. The monoisotopic (exact) mass is 272 g/mol. The van der Waals surface area contributed by atoms with Crippen LogP contribution < -0.4 is 10.6 Å². The van der Waals surface area contributed by atoms with Crippen molar-refractivity contribution in [3.8, 4) is 0 Å². The molecule has 2 atom stereocenters. The van der Waals surface area contributed by atoms with Crippen LogP contribution in [0.15, 0.2) is 42.5 Å². The molecule has 1 aliphatic rings. The van der Waals surface area contributed by atoms with Gasteiger partial charge in [-0.05, 0) is 18.4 Å². The highest BCUT2D eigenvalue weighted by Crippen LogP contribution is 2.38. The van der Waals surface area contributed by atoms with E-state index in [-0.39, 0.29) is 17.7 Å². The highest BCUT2D eigenvalue weighted by Gasteiger charge is 2.46. The van der Waals surface area contributed by atoms with Crippen molar-refractivity contribution in [1.82, 2.24) is 10.6 Å². The van der Waals surface area contributed by atoms with Crippen LogP contribution in [-0.4, -0.2) is 24.4 Å². The Morgan fingerprint density at radius 1 is 1.20 bits per heavy atom. The number of allylic oxidation sites excluding steroid dienone is 1. The maximum atomic E-state index is 12.4. The van der Waals surface area contributed by atoms with Crippen LogP contribution in [0.3, 0.4) is 0 Å². The number of carbonyl (C=O) groups excluding carboxylic acids is 2. The van der Waals surface area contributed by atoms with Gasteiger partial charge in [0.25, 0.3) is 0 Å². The third-order valence-electron chi connectivity index (χ3n) is 3.81. The van der Waals surface area contributed by atoms with Gasteiger partial charge in [0, 0.05) is 19.9 Å². The van der Waals surface area contributed by atoms with Crippen molar-refractivity contribution in [2.75, 3.05) is 7.05 Å². The fourth-order valence-corrected chi connectivity index (χ4v) is 2.93. The van der Waals surface area contributed by atoms with Crippen molar-refractivity contribution >= 4 is 11.8 Å². The molecule has 0 bridgehead atoms. The molecule has 20 heavy (non-hydrogen) atoms. The van der Waals surface area contributed by atoms with E-state index in [2.05, 4.69) is 16.7 Å². The molecule has 0 aromatic heterocycles. The van der Waals surface area contributed by atoms with Gasteiger partial charge in [0.15, 0.2) is 0 Å². The molecule has 1 aromatic carbocycles. The lowest BCUT2D eigenvalue weighted by Crippen LogP contribution is -2.61. The second kappa shape index (κ2) is 5.90. The van der Waals surface area contributed by atoms with Crippen molar-refractivity contribution in [2.24, 2.45) is 0 Å². The largest absolute Gasteiger partial charge is 0.357 e. The third kappa shape index (κ3) is 2.59. The van der Waals surface area contributed by atoms with E-state index in [1.807, 2.05) is 36.4 Å². The molecule has 4 heteroatoms. The second-order valence-electron chi connectivity index (χ2n) is 5.11. The number of rotatable bonds is 3. The van der Waals surface area contributed by atoms with Gasteiger partial charge in [-0.15, -0.1) is 0 Å². The van der Waals surface area contributed by atoms with Crippen LogP contribution in [0.1, 0.15) is 31.2 Å². The summed E-state index contributed by atoms with van der Waals surface area (Å²) in [5, 5.41) is 5.59. The van der Waals surface area contributed by atoms with Crippen LogP contribution in [0.25, 0.3) is 0 Å². The number of nitrogens with one attached hydrogen (secondary N) is 2. The number of carbonyl (C=O) groups is 2. The van der Waals surface area contributed by atoms with Crippen molar-refractivity contribution in [3.05, 3.63) is 48.0 Å². The fourth-order valence-electron chi connectivity index (χ4n) is 2.93. The molecule has 1 aromatic rings. The van der Waals surface area contributed by atoms with Crippen LogP contribution in [0.5, 0.6) is 0 Å². The minimum absolute atomic E-state index is 0.0578. The molecule has 0 aliphatic heterocycles. The molecular weight excluding hydrogens is 252 g/mol. The van der Waals surface area contributed by atoms with Crippen molar-refractivity contribution in [2.45, 2.75) is 31.2 Å². The van der Waals surface area contributed by atoms with Crippen molar-refractivity contribution in [1.29, 1.82) is 0 Å². The summed E-state index contributed by atoms with van der Waals surface area (Å²) >= 11 is 0. The number of amides is 2. The summed E-state index contributed by atoms with van der Waals surface area (Å²) < 4.78 is 0. The van der Waals surface area contributed by atoms with Gasteiger partial charge in [-0.3, -0.25) is 9.59 Å². The van der Waals surface area contributed by atoms with Gasteiger partial charge >= 0.3 is 0 Å². The average molecular weight is 272 g/mol. The minimum atomic E-state index is -0.906. The molecule has 0 radical (unpaired) electrons. The Bertz CT molecular complexity index is 525. The van der Waals surface area contributed by atoms with Gasteiger partial charge in [-0.1, -0.05) is 42.5 Å². The van der Waals surface area contributed by atoms with E-state index in [0.29, 0.717) is 6.42 Å². The summed E-state index contributed by atoms with van der Waals surface area (Å²) in [4.78, 5) is 24.0. The van der Waals surface area contributed by atoms with E-state index in [1.165, 1.54) is 6.92 Å². The fraction of sp³-hybridized carbons (Fsp3) is 0.375. The predicted octanol–water partition coefficient (Wildman–Crippen LogP) is 1.74. The zero-order valence-electron chi connectivity index (χ0n) is 11.8. The van der Waals surface area contributed by atoms with Crippen molar-refractivity contribution in [3.63, 3.8) is 0 Å². The number of hydrogen-bond acceptors (Lipinski definition) is 2. The quantitative estimate of drug-likeness (QED) is 0.823. The SMILES string of the molecule is CNC(=O)[C@@]1(NC(C)=O)CC=CC[C@@H]1c1ccccc1. The summed E-state index contributed by atoms with van der Waals surface area (Å²) in [6.07, 6.45) is 5.27. The minimum Gasteiger partial charge on any atom is -0.357 e. The molecule has 2 rings (SSSR count). The molecule has 0 spiro atoms. The van der Waals surface area contributed by atoms with E-state index < -0.39 is 5.54 Å². The first-order valence-electron chi connectivity index (χ1n) is 6.81. The topological polar surface area (TPSA) is 58.2 Å². The summed E-state index contributed by atoms with van der Waals surface area (Å²) in [7, 11) is 1.60. The van der Waals surface area contributed by atoms with Crippen LogP contribution in [0.2, 0.25) is 0 Å². The van der Waals surface area contributed by atoms with Gasteiger partial charge in [0.2, 0.25) is 11.8 Å². The van der Waals surface area contributed by atoms with E-state index in [1.54, 1.807) is 7.05 Å². The Hall–Kier alpha value is -2.10. The predicted molar refractivity (Wildman–Crippen MR) is 78.2 cm³/mol. The molecule has 106 valence electrons. The highest BCUT2D eigenvalue weighted by atomic mass is 16.2. The Labute approximate surface area is 119 Å². The summed E-state index contributed by atoms with van der Waals surface area (Å²) in [6.45, 7) is 1.45. The first kappa shape index (κ1) is 14.3. The van der Waals surface area contributed by atoms with E-state index in [4.69, 9.17) is 0 Å². The van der Waals surface area contributed by atoms with Gasteiger partial charge in [0.1, 0.15) is 5.54 Å². The summed E-state index contributed by atoms with van der Waals surface area (Å²) in [5.41, 5.74) is 0.158. The third-order valence-corrected chi connectivity index (χ3v) is 3.81. The Morgan fingerprint density at radius 2 is 1.90 bits per heavy atom.